The van der Waals surface area contributed by atoms with Gasteiger partial charge in [-0.2, -0.15) is 17.8 Å². The number of allylic oxidation sites excluding steroid dienone is 1. The molecule has 0 radical (unpaired) electrons. The SMILES string of the molecule is COc1ccc2c(c1)C=C(c1c(C(=O)N3C4CCC3CN(C)C4)cnn1C)Cn1c-2c(C2CCCCC2)c2ccc(C(=O)NS(=O)(=O)N3CCCC3)cc21. The first kappa shape index (κ1) is 35.3. The number of hydrogen-bond donors (Lipinski definition) is 1. The van der Waals surface area contributed by atoms with Crippen LogP contribution in [0.3, 0.4) is 0 Å². The molecule has 2 aromatic carbocycles. The molecule has 4 aliphatic heterocycles. The zero-order chi connectivity index (χ0) is 37.3. The molecular weight excluding hydrogens is 703 g/mol. The van der Waals surface area contributed by atoms with E-state index in [0.717, 1.165) is 109 Å². The molecule has 6 heterocycles. The summed E-state index contributed by atoms with van der Waals surface area (Å²) in [4.78, 5) is 32.7. The second kappa shape index (κ2) is 13.7. The Kier molecular flexibility index (Phi) is 8.93. The van der Waals surface area contributed by atoms with Crippen LogP contribution < -0.4 is 9.46 Å². The molecule has 5 aliphatic rings. The summed E-state index contributed by atoms with van der Waals surface area (Å²) in [6, 6.07) is 12.2. The molecular formula is C41H49N7O5S. The van der Waals surface area contributed by atoms with Crippen LogP contribution in [0.25, 0.3) is 33.8 Å². The molecule has 284 valence electrons. The van der Waals surface area contributed by atoms with E-state index in [-0.39, 0.29) is 23.6 Å². The van der Waals surface area contributed by atoms with Crippen molar-refractivity contribution in [1.29, 1.82) is 0 Å². The smallest absolute Gasteiger partial charge is 0.304 e. The van der Waals surface area contributed by atoms with Crippen molar-refractivity contribution in [3.8, 4) is 17.0 Å². The number of methoxy groups -OCH3 is 1. The lowest BCUT2D eigenvalue weighted by molar-refractivity contribution is 0.0472. The minimum absolute atomic E-state index is 0.0216. The third kappa shape index (κ3) is 5.95. The number of likely N-dealkylation sites (N-methyl/N-ethyl adjacent to an activating group) is 1. The molecule has 2 atom stereocenters. The lowest BCUT2D eigenvalue weighted by atomic mass is 9.81. The Morgan fingerprint density at radius 2 is 1.63 bits per heavy atom. The molecule has 1 aliphatic carbocycles. The molecule has 9 rings (SSSR count). The number of aryl methyl sites for hydroxylation is 1. The van der Waals surface area contributed by atoms with Crippen molar-refractivity contribution in [2.24, 2.45) is 7.05 Å². The van der Waals surface area contributed by atoms with Crippen molar-refractivity contribution >= 4 is 44.6 Å². The number of rotatable bonds is 7. The number of ether oxygens (including phenoxy) is 1. The maximum atomic E-state index is 14.6. The predicted molar refractivity (Wildman–Crippen MR) is 209 cm³/mol. The fourth-order valence-corrected chi connectivity index (χ4v) is 11.3. The highest BCUT2D eigenvalue weighted by Crippen LogP contribution is 2.48. The topological polar surface area (TPSA) is 122 Å². The highest BCUT2D eigenvalue weighted by Gasteiger charge is 2.43. The van der Waals surface area contributed by atoms with E-state index < -0.39 is 16.1 Å². The number of amides is 2. The number of hydrogen-bond acceptors (Lipinski definition) is 7. The Balaban J connectivity index is 1.20. The van der Waals surface area contributed by atoms with Gasteiger partial charge in [-0.15, -0.1) is 0 Å². The van der Waals surface area contributed by atoms with E-state index in [1.54, 1.807) is 19.4 Å². The summed E-state index contributed by atoms with van der Waals surface area (Å²) < 4.78 is 39.9. The fraction of sp³-hybridized carbons (Fsp3) is 0.488. The highest BCUT2D eigenvalue weighted by atomic mass is 32.2. The molecule has 2 aromatic heterocycles. The number of likely N-dealkylation sites (tertiary alicyclic amines) is 1. The van der Waals surface area contributed by atoms with E-state index in [9.17, 15) is 18.0 Å². The number of benzene rings is 2. The number of aromatic nitrogens is 3. The summed E-state index contributed by atoms with van der Waals surface area (Å²) in [6.45, 7) is 2.97. The molecule has 1 saturated carbocycles. The lowest BCUT2D eigenvalue weighted by Gasteiger charge is -2.39. The molecule has 12 nitrogen and oxygen atoms in total. The van der Waals surface area contributed by atoms with Gasteiger partial charge in [0.25, 0.3) is 11.8 Å². The summed E-state index contributed by atoms with van der Waals surface area (Å²) in [7, 11) is 1.75. The van der Waals surface area contributed by atoms with Gasteiger partial charge in [0, 0.05) is 67.3 Å². The number of piperazine rings is 1. The third-order valence-corrected chi connectivity index (χ3v) is 14.0. The van der Waals surface area contributed by atoms with Crippen LogP contribution in [-0.2, 0) is 23.8 Å². The van der Waals surface area contributed by atoms with E-state index in [1.807, 2.05) is 29.9 Å². The highest BCUT2D eigenvalue weighted by molar-refractivity contribution is 7.87. The number of carbonyl (C=O) groups excluding carboxylic acids is 2. The molecule has 4 aromatic rings. The van der Waals surface area contributed by atoms with Crippen LogP contribution in [0.5, 0.6) is 5.75 Å². The number of nitrogens with zero attached hydrogens (tertiary/aromatic N) is 6. The largest absolute Gasteiger partial charge is 0.497 e. The first-order valence-corrected chi connectivity index (χ1v) is 21.0. The Hall–Kier alpha value is -4.46. The standard InChI is InChI=1S/C41H49N7O5S/c1-44-24-30-12-13-31(25-44)48(30)41(50)35-22-42-45(2)38(35)29-19-28-20-32(53-3)14-16-33(28)39-37(26-9-5-4-6-10-26)34-15-11-27(21-36(34)47(39)23-29)40(49)43-54(51,52)46-17-7-8-18-46/h11,14-16,19-22,26,30-31H,4-10,12-13,17-18,23-25H2,1-3H3,(H,43,49). The molecule has 2 amide bonds. The predicted octanol–water partition coefficient (Wildman–Crippen LogP) is 5.64. The van der Waals surface area contributed by atoms with Gasteiger partial charge < -0.3 is 19.1 Å². The zero-order valence-electron chi connectivity index (χ0n) is 31.4. The summed E-state index contributed by atoms with van der Waals surface area (Å²) in [5.74, 6) is 0.440. The third-order valence-electron chi connectivity index (χ3n) is 12.6. The van der Waals surface area contributed by atoms with E-state index >= 15 is 0 Å². The molecule has 13 heteroatoms. The van der Waals surface area contributed by atoms with Gasteiger partial charge in [-0.1, -0.05) is 25.3 Å². The van der Waals surface area contributed by atoms with Crippen molar-refractivity contribution in [2.45, 2.75) is 82.3 Å². The van der Waals surface area contributed by atoms with E-state index in [1.165, 1.54) is 16.3 Å². The minimum Gasteiger partial charge on any atom is -0.497 e. The van der Waals surface area contributed by atoms with Crippen LogP contribution in [-0.4, -0.2) is 101 Å². The Bertz CT molecular complexity index is 2280. The van der Waals surface area contributed by atoms with Gasteiger partial charge >= 0.3 is 10.2 Å². The average Bonchev–Trinajstić information content (AvgIpc) is 3.94. The van der Waals surface area contributed by atoms with Crippen molar-refractivity contribution < 1.29 is 22.7 Å². The Morgan fingerprint density at radius 3 is 2.35 bits per heavy atom. The first-order valence-electron chi connectivity index (χ1n) is 19.5. The quantitative estimate of drug-likeness (QED) is 0.260. The van der Waals surface area contributed by atoms with Gasteiger partial charge in [0.2, 0.25) is 0 Å². The Labute approximate surface area is 316 Å². The summed E-state index contributed by atoms with van der Waals surface area (Å²) in [5, 5.41) is 5.75. The van der Waals surface area contributed by atoms with Crippen molar-refractivity contribution in [3.05, 3.63) is 70.5 Å². The van der Waals surface area contributed by atoms with Gasteiger partial charge in [-0.3, -0.25) is 14.3 Å². The second-order valence-corrected chi connectivity index (χ2v) is 17.6. The summed E-state index contributed by atoms with van der Waals surface area (Å²) in [5.41, 5.74) is 7.82. The molecule has 1 N–H and O–H groups in total. The number of nitrogens with one attached hydrogen (secondary N) is 1. The number of fused-ring (bicyclic) bond motifs is 7. The van der Waals surface area contributed by atoms with Gasteiger partial charge in [-0.05, 0) is 105 Å². The zero-order valence-corrected chi connectivity index (χ0v) is 32.2. The number of carbonyl (C=O) groups is 2. The van der Waals surface area contributed by atoms with E-state index in [0.29, 0.717) is 31.1 Å². The Morgan fingerprint density at radius 1 is 0.889 bits per heavy atom. The molecule has 2 bridgehead atoms. The maximum absolute atomic E-state index is 14.6. The van der Waals surface area contributed by atoms with Gasteiger partial charge in [0.05, 0.1) is 36.8 Å². The monoisotopic (exact) mass is 751 g/mol. The normalized spacial score (nSPS) is 22.2. The molecule has 2 unspecified atom stereocenters. The molecule has 54 heavy (non-hydrogen) atoms. The lowest BCUT2D eigenvalue weighted by Crippen LogP contribution is -2.54. The van der Waals surface area contributed by atoms with Crippen LogP contribution in [0, 0.1) is 0 Å². The molecule has 3 saturated heterocycles. The van der Waals surface area contributed by atoms with Gasteiger partial charge in [-0.25, -0.2) is 4.72 Å². The minimum atomic E-state index is -3.96. The van der Waals surface area contributed by atoms with Crippen molar-refractivity contribution in [3.63, 3.8) is 0 Å². The second-order valence-electron chi connectivity index (χ2n) is 15.9. The van der Waals surface area contributed by atoms with Crippen LogP contribution in [0.2, 0.25) is 0 Å². The van der Waals surface area contributed by atoms with Crippen molar-refractivity contribution in [1.82, 2.24) is 33.2 Å². The van der Waals surface area contributed by atoms with E-state index in [2.05, 4.69) is 49.4 Å². The van der Waals surface area contributed by atoms with Gasteiger partial charge in [0.15, 0.2) is 0 Å². The van der Waals surface area contributed by atoms with Gasteiger partial charge in [0.1, 0.15) is 5.75 Å². The summed E-state index contributed by atoms with van der Waals surface area (Å²) in [6.07, 6.45) is 13.1. The maximum Gasteiger partial charge on any atom is 0.304 e. The molecule has 4 fully saturated rings. The average molecular weight is 752 g/mol. The van der Waals surface area contributed by atoms with Crippen LogP contribution >= 0.6 is 0 Å². The first-order chi connectivity index (χ1) is 26.1. The van der Waals surface area contributed by atoms with Crippen LogP contribution in [0.15, 0.2) is 42.6 Å². The van der Waals surface area contributed by atoms with Crippen molar-refractivity contribution in [2.75, 3.05) is 40.3 Å². The van der Waals surface area contributed by atoms with Crippen LogP contribution in [0.1, 0.15) is 101 Å². The van der Waals surface area contributed by atoms with E-state index in [4.69, 9.17) is 4.74 Å². The molecule has 0 spiro atoms. The van der Waals surface area contributed by atoms with Crippen LogP contribution in [0.4, 0.5) is 0 Å². The fourth-order valence-electron chi connectivity index (χ4n) is 10.1. The summed E-state index contributed by atoms with van der Waals surface area (Å²) >= 11 is 0.